The van der Waals surface area contributed by atoms with Crippen molar-refractivity contribution in [2.45, 2.75) is 45.6 Å². The second-order valence-electron chi connectivity index (χ2n) is 5.64. The highest BCUT2D eigenvalue weighted by Crippen LogP contribution is 2.37. The summed E-state index contributed by atoms with van der Waals surface area (Å²) in [4.78, 5) is 14.4. The number of rotatable bonds is 4. The molecule has 0 aromatic carbocycles. The van der Waals surface area contributed by atoms with Crippen LogP contribution in [0.25, 0.3) is 0 Å². The highest BCUT2D eigenvalue weighted by molar-refractivity contribution is 5.82. The number of aromatic nitrogens is 1. The molecule has 5 nitrogen and oxygen atoms in total. The van der Waals surface area contributed by atoms with Crippen LogP contribution in [0.5, 0.6) is 0 Å². The van der Waals surface area contributed by atoms with Gasteiger partial charge in [0.15, 0.2) is 0 Å². The van der Waals surface area contributed by atoms with Crippen LogP contribution in [0, 0.1) is 12.3 Å². The molecule has 0 saturated heterocycles. The number of hydrogen-bond acceptors (Lipinski definition) is 4. The zero-order chi connectivity index (χ0) is 13.9. The van der Waals surface area contributed by atoms with E-state index in [4.69, 9.17) is 10.3 Å². The molecule has 19 heavy (non-hydrogen) atoms. The van der Waals surface area contributed by atoms with Gasteiger partial charge >= 0.3 is 0 Å². The fourth-order valence-corrected chi connectivity index (χ4v) is 2.95. The van der Waals surface area contributed by atoms with Gasteiger partial charge in [-0.3, -0.25) is 4.79 Å². The van der Waals surface area contributed by atoms with Gasteiger partial charge < -0.3 is 15.2 Å². The van der Waals surface area contributed by atoms with Crippen LogP contribution in [-0.4, -0.2) is 29.6 Å². The lowest BCUT2D eigenvalue weighted by molar-refractivity contribution is -0.142. The number of hydrogen-bond donors (Lipinski definition) is 1. The summed E-state index contributed by atoms with van der Waals surface area (Å²) in [6, 6.07) is 1.86. The average molecular weight is 265 g/mol. The van der Waals surface area contributed by atoms with Gasteiger partial charge in [-0.2, -0.15) is 0 Å². The first kappa shape index (κ1) is 14.1. The van der Waals surface area contributed by atoms with E-state index < -0.39 is 0 Å². The van der Waals surface area contributed by atoms with Gasteiger partial charge in [0.05, 0.1) is 12.0 Å². The lowest BCUT2D eigenvalue weighted by Gasteiger charge is -2.37. The molecule has 1 fully saturated rings. The molecular formula is C14H23N3O2. The third kappa shape index (κ3) is 2.97. The van der Waals surface area contributed by atoms with Crippen molar-refractivity contribution in [3.63, 3.8) is 0 Å². The fraction of sp³-hybridized carbons (Fsp3) is 0.714. The number of nitrogens with two attached hydrogens (primary N) is 1. The Morgan fingerprint density at radius 3 is 2.68 bits per heavy atom. The van der Waals surface area contributed by atoms with Crippen molar-refractivity contribution < 1.29 is 9.32 Å². The first-order valence-corrected chi connectivity index (χ1v) is 6.95. The van der Waals surface area contributed by atoms with E-state index in [2.05, 4.69) is 5.16 Å². The summed E-state index contributed by atoms with van der Waals surface area (Å²) in [5.74, 6) is 0.914. The molecular weight excluding hydrogens is 242 g/mol. The summed E-state index contributed by atoms with van der Waals surface area (Å²) in [7, 11) is 1.82. The first-order valence-electron chi connectivity index (χ1n) is 6.95. The predicted octanol–water partition coefficient (Wildman–Crippen LogP) is 1.85. The van der Waals surface area contributed by atoms with Gasteiger partial charge in [0.25, 0.3) is 0 Å². The van der Waals surface area contributed by atoms with Gasteiger partial charge in [-0.1, -0.05) is 24.4 Å². The summed E-state index contributed by atoms with van der Waals surface area (Å²) >= 11 is 0. The molecule has 0 spiro atoms. The third-order valence-electron chi connectivity index (χ3n) is 4.08. The number of amides is 1. The molecule has 2 N–H and O–H groups in total. The van der Waals surface area contributed by atoms with Crippen LogP contribution in [0.15, 0.2) is 10.6 Å². The summed E-state index contributed by atoms with van der Waals surface area (Å²) in [6.45, 7) is 2.77. The minimum atomic E-state index is -0.355. The molecule has 1 saturated carbocycles. The molecule has 0 aliphatic heterocycles. The normalized spacial score (nSPS) is 18.3. The first-order chi connectivity index (χ1) is 9.07. The minimum absolute atomic E-state index is 0.148. The van der Waals surface area contributed by atoms with E-state index in [-0.39, 0.29) is 11.3 Å². The maximum Gasteiger partial charge on any atom is 0.230 e. The molecule has 106 valence electrons. The average Bonchev–Trinajstić information content (AvgIpc) is 2.84. The van der Waals surface area contributed by atoms with Crippen molar-refractivity contribution in [1.29, 1.82) is 0 Å². The number of aryl methyl sites for hydroxylation is 1. The van der Waals surface area contributed by atoms with E-state index in [1.54, 1.807) is 4.90 Å². The Bertz CT molecular complexity index is 436. The van der Waals surface area contributed by atoms with Gasteiger partial charge in [0.2, 0.25) is 5.91 Å². The third-order valence-corrected chi connectivity index (χ3v) is 4.08. The summed E-state index contributed by atoms with van der Waals surface area (Å²) in [5.41, 5.74) is 6.33. The topological polar surface area (TPSA) is 72.4 Å². The Kier molecular flexibility index (Phi) is 4.24. The van der Waals surface area contributed by atoms with Crippen molar-refractivity contribution in [1.82, 2.24) is 10.1 Å². The number of carbonyl (C=O) groups is 1. The van der Waals surface area contributed by atoms with Crippen molar-refractivity contribution in [2.75, 3.05) is 13.6 Å². The van der Waals surface area contributed by atoms with E-state index in [1.165, 1.54) is 6.42 Å². The molecule has 0 unspecified atom stereocenters. The number of carbonyl (C=O) groups excluding carboxylic acids is 1. The second kappa shape index (κ2) is 5.74. The van der Waals surface area contributed by atoms with E-state index >= 15 is 0 Å². The summed E-state index contributed by atoms with van der Waals surface area (Å²) in [6.07, 6.45) is 5.22. The Balaban J connectivity index is 2.04. The predicted molar refractivity (Wildman–Crippen MR) is 72.3 cm³/mol. The molecule has 1 amide bonds. The van der Waals surface area contributed by atoms with E-state index in [0.29, 0.717) is 13.1 Å². The molecule has 1 heterocycles. The van der Waals surface area contributed by atoms with Crippen LogP contribution >= 0.6 is 0 Å². The van der Waals surface area contributed by atoms with Crippen LogP contribution in [0.3, 0.4) is 0 Å². The summed E-state index contributed by atoms with van der Waals surface area (Å²) in [5, 5.41) is 3.93. The fourth-order valence-electron chi connectivity index (χ4n) is 2.95. The van der Waals surface area contributed by atoms with Gasteiger partial charge in [-0.15, -0.1) is 0 Å². The molecule has 0 atom stereocenters. The van der Waals surface area contributed by atoms with Crippen molar-refractivity contribution >= 4 is 5.91 Å². The Morgan fingerprint density at radius 2 is 2.16 bits per heavy atom. The van der Waals surface area contributed by atoms with Crippen molar-refractivity contribution in [2.24, 2.45) is 11.1 Å². The van der Waals surface area contributed by atoms with E-state index in [9.17, 15) is 4.79 Å². The molecule has 2 rings (SSSR count). The largest absolute Gasteiger partial charge is 0.361 e. The molecule has 5 heteroatoms. The van der Waals surface area contributed by atoms with Crippen molar-refractivity contribution in [3.05, 3.63) is 17.5 Å². The SMILES string of the molecule is Cc1cc(CN(C)C(=O)C2(CN)CCCCC2)no1. The number of nitrogens with zero attached hydrogens (tertiary/aromatic N) is 2. The monoisotopic (exact) mass is 265 g/mol. The molecule has 1 aromatic heterocycles. The van der Waals surface area contributed by atoms with Crippen LogP contribution in [-0.2, 0) is 11.3 Å². The molecule has 1 aliphatic carbocycles. The van der Waals surface area contributed by atoms with Crippen LogP contribution < -0.4 is 5.73 Å². The smallest absolute Gasteiger partial charge is 0.230 e. The quantitative estimate of drug-likeness (QED) is 0.901. The maximum atomic E-state index is 12.6. The standard InChI is InChI=1S/C14H23N3O2/c1-11-8-12(16-19-11)9-17(2)13(18)14(10-15)6-4-3-5-7-14/h8H,3-7,9-10,15H2,1-2H3. The van der Waals surface area contributed by atoms with Crippen LogP contribution in [0.2, 0.25) is 0 Å². The molecule has 1 aliphatic rings. The molecule has 1 aromatic rings. The summed E-state index contributed by atoms with van der Waals surface area (Å²) < 4.78 is 5.03. The highest BCUT2D eigenvalue weighted by atomic mass is 16.5. The maximum absolute atomic E-state index is 12.6. The van der Waals surface area contributed by atoms with Crippen LogP contribution in [0.1, 0.15) is 43.6 Å². The van der Waals surface area contributed by atoms with E-state index in [0.717, 1.165) is 37.1 Å². The van der Waals surface area contributed by atoms with Crippen molar-refractivity contribution in [3.8, 4) is 0 Å². The molecule has 0 bridgehead atoms. The van der Waals surface area contributed by atoms with Gasteiger partial charge in [0, 0.05) is 19.7 Å². The Morgan fingerprint density at radius 1 is 1.47 bits per heavy atom. The van der Waals surface area contributed by atoms with Gasteiger partial charge in [-0.25, -0.2) is 0 Å². The lowest BCUT2D eigenvalue weighted by Crippen LogP contribution is -2.47. The minimum Gasteiger partial charge on any atom is -0.361 e. The Hall–Kier alpha value is -1.36. The van der Waals surface area contributed by atoms with E-state index in [1.807, 2.05) is 20.0 Å². The second-order valence-corrected chi connectivity index (χ2v) is 5.64. The zero-order valence-electron chi connectivity index (χ0n) is 11.8. The van der Waals surface area contributed by atoms with Gasteiger partial charge in [-0.05, 0) is 19.8 Å². The molecule has 0 radical (unpaired) electrons. The highest BCUT2D eigenvalue weighted by Gasteiger charge is 2.39. The van der Waals surface area contributed by atoms with Crippen LogP contribution in [0.4, 0.5) is 0 Å². The Labute approximate surface area is 114 Å². The zero-order valence-corrected chi connectivity index (χ0v) is 11.8. The van der Waals surface area contributed by atoms with Gasteiger partial charge in [0.1, 0.15) is 11.5 Å². The lowest BCUT2D eigenvalue weighted by atomic mass is 9.73.